The van der Waals surface area contributed by atoms with Crippen molar-refractivity contribution in [1.29, 1.82) is 0 Å². The van der Waals surface area contributed by atoms with Crippen LogP contribution in [0.4, 0.5) is 5.82 Å². The Balaban J connectivity index is 1.62. The lowest BCUT2D eigenvalue weighted by molar-refractivity contribution is 0.227. The summed E-state index contributed by atoms with van der Waals surface area (Å²) in [4.78, 5) is 4.52. The molecule has 2 N–H and O–H groups in total. The van der Waals surface area contributed by atoms with Crippen molar-refractivity contribution in [3.05, 3.63) is 64.6 Å². The second-order valence-corrected chi connectivity index (χ2v) is 9.73. The van der Waals surface area contributed by atoms with E-state index >= 15 is 0 Å². The van der Waals surface area contributed by atoms with Gasteiger partial charge in [0.15, 0.2) is 11.6 Å². The summed E-state index contributed by atoms with van der Waals surface area (Å²) in [5, 5.41) is 9.76. The molecule has 1 aromatic carbocycles. The molecule has 8 nitrogen and oxygen atoms in total. The number of nitrogen functional groups attached to an aromatic ring is 1. The smallest absolute Gasteiger partial charge is 0.233 e. The molecular weight excluding hydrogens is 440 g/mol. The van der Waals surface area contributed by atoms with Crippen molar-refractivity contribution in [2.45, 2.75) is 52.7 Å². The van der Waals surface area contributed by atoms with E-state index in [1.165, 1.54) is 12.8 Å². The summed E-state index contributed by atoms with van der Waals surface area (Å²) in [6.07, 6.45) is 4.71. The highest BCUT2D eigenvalue weighted by Gasteiger charge is 2.28. The zero-order valence-electron chi connectivity index (χ0n) is 20.6. The Morgan fingerprint density at radius 1 is 1.14 bits per heavy atom. The maximum absolute atomic E-state index is 6.45. The van der Waals surface area contributed by atoms with Crippen LogP contribution in [0.2, 0.25) is 0 Å². The SMILES string of the molecule is COc1cc2n(n1)-c1ccc(C)cc1C(C)Oc1cc(cnc1N)-c1c(c(C)nn1CC1CC1)C2. The lowest BCUT2D eigenvalue weighted by atomic mass is 10.0. The molecule has 1 saturated carbocycles. The van der Waals surface area contributed by atoms with E-state index in [2.05, 4.69) is 41.7 Å². The molecule has 6 rings (SSSR count). The zero-order chi connectivity index (χ0) is 24.3. The van der Waals surface area contributed by atoms with Crippen LogP contribution in [0.15, 0.2) is 36.5 Å². The number of hydrogen-bond donors (Lipinski definition) is 1. The zero-order valence-corrected chi connectivity index (χ0v) is 20.6. The maximum atomic E-state index is 6.45. The third-order valence-corrected chi connectivity index (χ3v) is 7.02. The van der Waals surface area contributed by atoms with Gasteiger partial charge in [-0.1, -0.05) is 17.7 Å². The molecule has 35 heavy (non-hydrogen) atoms. The van der Waals surface area contributed by atoms with Crippen molar-refractivity contribution < 1.29 is 9.47 Å². The molecule has 8 heteroatoms. The Labute approximate surface area is 204 Å². The predicted molar refractivity (Wildman–Crippen MR) is 134 cm³/mol. The molecule has 0 radical (unpaired) electrons. The average molecular weight is 471 g/mol. The maximum Gasteiger partial charge on any atom is 0.233 e. The van der Waals surface area contributed by atoms with Crippen LogP contribution in [0, 0.1) is 19.8 Å². The van der Waals surface area contributed by atoms with E-state index in [1.807, 2.05) is 29.9 Å². The Morgan fingerprint density at radius 3 is 2.74 bits per heavy atom. The second kappa shape index (κ2) is 8.15. The van der Waals surface area contributed by atoms with E-state index < -0.39 is 0 Å². The van der Waals surface area contributed by atoms with Crippen LogP contribution in [0.5, 0.6) is 11.6 Å². The summed E-state index contributed by atoms with van der Waals surface area (Å²) in [5.74, 6) is 2.20. The quantitative estimate of drug-likeness (QED) is 0.463. The van der Waals surface area contributed by atoms with Crippen molar-refractivity contribution in [3.63, 3.8) is 0 Å². The number of benzene rings is 1. The molecule has 3 aromatic heterocycles. The topological polar surface area (TPSA) is 93.0 Å². The fourth-order valence-electron chi connectivity index (χ4n) is 4.97. The molecule has 4 heterocycles. The minimum atomic E-state index is -0.274. The monoisotopic (exact) mass is 470 g/mol. The number of rotatable bonds is 3. The van der Waals surface area contributed by atoms with Gasteiger partial charge in [-0.25, -0.2) is 9.67 Å². The first-order chi connectivity index (χ1) is 16.9. The normalized spacial score (nSPS) is 16.9. The van der Waals surface area contributed by atoms with Gasteiger partial charge in [0.05, 0.1) is 29.9 Å². The molecule has 2 aliphatic rings. The Hall–Kier alpha value is -3.81. The predicted octanol–water partition coefficient (Wildman–Crippen LogP) is 4.79. The molecule has 0 spiro atoms. The molecule has 0 saturated heterocycles. The fraction of sp³-hybridized carbons (Fsp3) is 0.370. The van der Waals surface area contributed by atoms with Crippen LogP contribution >= 0.6 is 0 Å². The van der Waals surface area contributed by atoms with Gasteiger partial charge < -0.3 is 15.2 Å². The summed E-state index contributed by atoms with van der Waals surface area (Å²) in [6, 6.07) is 10.3. The lowest BCUT2D eigenvalue weighted by Gasteiger charge is -2.22. The van der Waals surface area contributed by atoms with Crippen LogP contribution in [-0.2, 0) is 13.0 Å². The van der Waals surface area contributed by atoms with Crippen molar-refractivity contribution in [3.8, 4) is 28.6 Å². The Morgan fingerprint density at radius 2 is 1.97 bits per heavy atom. The fourth-order valence-corrected chi connectivity index (χ4v) is 4.97. The molecule has 2 bridgehead atoms. The van der Waals surface area contributed by atoms with Gasteiger partial charge in [-0.15, -0.1) is 5.10 Å². The molecule has 180 valence electrons. The number of pyridine rings is 1. The molecule has 1 atom stereocenters. The van der Waals surface area contributed by atoms with Gasteiger partial charge in [-0.3, -0.25) is 4.68 Å². The van der Waals surface area contributed by atoms with Gasteiger partial charge >= 0.3 is 0 Å². The molecule has 4 aromatic rings. The third kappa shape index (κ3) is 3.83. The van der Waals surface area contributed by atoms with Crippen LogP contribution < -0.4 is 15.2 Å². The van der Waals surface area contributed by atoms with Gasteiger partial charge in [0.25, 0.3) is 0 Å². The Bertz CT molecular complexity index is 1430. The summed E-state index contributed by atoms with van der Waals surface area (Å²) in [6.45, 7) is 7.09. The number of nitrogens with zero attached hydrogens (tertiary/aromatic N) is 5. The minimum Gasteiger partial charge on any atom is -0.482 e. The van der Waals surface area contributed by atoms with Crippen molar-refractivity contribution >= 4 is 5.82 Å². The summed E-state index contributed by atoms with van der Waals surface area (Å²) >= 11 is 0. The van der Waals surface area contributed by atoms with Gasteiger partial charge in [0.1, 0.15) is 6.10 Å². The molecule has 1 fully saturated rings. The van der Waals surface area contributed by atoms with Crippen LogP contribution in [0.3, 0.4) is 0 Å². The van der Waals surface area contributed by atoms with Gasteiger partial charge in [0.2, 0.25) is 5.88 Å². The average Bonchev–Trinajstić information content (AvgIpc) is 3.48. The van der Waals surface area contributed by atoms with Crippen molar-refractivity contribution in [2.75, 3.05) is 12.8 Å². The standard InChI is InChI=1S/C27H30N6O2/c1-15-5-8-23-22(9-15)17(3)35-24-10-19(13-29-27(24)28)26-21(11-20-12-25(34-4)31-33(20)23)16(2)30-32(26)14-18-6-7-18/h5,8-10,12-13,17-18H,6-7,11,14H2,1-4H3,(H2,28,29). The minimum absolute atomic E-state index is 0.274. The van der Waals surface area contributed by atoms with Gasteiger partial charge in [-0.2, -0.15) is 5.10 Å². The third-order valence-electron chi connectivity index (χ3n) is 7.02. The van der Waals surface area contributed by atoms with Crippen LogP contribution in [0.25, 0.3) is 16.9 Å². The lowest BCUT2D eigenvalue weighted by Crippen LogP contribution is -2.14. The van der Waals surface area contributed by atoms with E-state index in [-0.39, 0.29) is 6.10 Å². The first kappa shape index (κ1) is 21.7. The number of ether oxygens (including phenoxy) is 2. The number of hydrogen-bond acceptors (Lipinski definition) is 6. The molecule has 0 amide bonds. The van der Waals surface area contributed by atoms with E-state index in [0.29, 0.717) is 29.8 Å². The highest BCUT2D eigenvalue weighted by Crippen LogP contribution is 2.39. The molecule has 1 unspecified atom stereocenters. The summed E-state index contributed by atoms with van der Waals surface area (Å²) < 4.78 is 16.1. The molecular formula is C27H30N6O2. The first-order valence-corrected chi connectivity index (χ1v) is 12.1. The molecule has 1 aliphatic carbocycles. The van der Waals surface area contributed by atoms with Gasteiger partial charge in [0, 0.05) is 41.9 Å². The number of fused-ring (bicyclic) bond motifs is 7. The second-order valence-electron chi connectivity index (χ2n) is 9.73. The number of aryl methyl sites for hydroxylation is 2. The van der Waals surface area contributed by atoms with E-state index in [9.17, 15) is 0 Å². The largest absolute Gasteiger partial charge is 0.482 e. The number of anilines is 1. The molecule has 1 aliphatic heterocycles. The number of methoxy groups -OCH3 is 1. The Kier molecular flexibility index (Phi) is 5.05. The number of nitrogens with two attached hydrogens (primary N) is 1. The first-order valence-electron chi connectivity index (χ1n) is 12.1. The highest BCUT2D eigenvalue weighted by atomic mass is 16.5. The van der Waals surface area contributed by atoms with E-state index in [1.54, 1.807) is 7.11 Å². The number of aromatic nitrogens is 5. The van der Waals surface area contributed by atoms with Gasteiger partial charge in [-0.05, 0) is 51.7 Å². The van der Waals surface area contributed by atoms with Crippen LogP contribution in [-0.4, -0.2) is 31.7 Å². The van der Waals surface area contributed by atoms with Crippen molar-refractivity contribution in [2.24, 2.45) is 5.92 Å². The van der Waals surface area contributed by atoms with Crippen molar-refractivity contribution in [1.82, 2.24) is 24.5 Å². The van der Waals surface area contributed by atoms with E-state index in [0.717, 1.165) is 51.6 Å². The highest BCUT2D eigenvalue weighted by molar-refractivity contribution is 5.69. The van der Waals surface area contributed by atoms with E-state index in [4.69, 9.17) is 25.4 Å². The summed E-state index contributed by atoms with van der Waals surface area (Å²) in [5.41, 5.74) is 14.6. The van der Waals surface area contributed by atoms with Crippen LogP contribution in [0.1, 0.15) is 53.9 Å². The summed E-state index contributed by atoms with van der Waals surface area (Å²) in [7, 11) is 1.65.